The molecule has 0 fully saturated rings. The molecular weight excluding hydrogens is 199 g/mol. The maximum atomic E-state index is 9.25. The molecule has 1 aromatic carbocycles. The van der Waals surface area contributed by atoms with E-state index < -0.39 is 5.97 Å². The molecule has 0 bridgehead atoms. The second kappa shape index (κ2) is 13.2. The van der Waals surface area contributed by atoms with Crippen LogP contribution in [0.4, 0.5) is 0 Å². The van der Waals surface area contributed by atoms with Gasteiger partial charge in [0.05, 0.1) is 0 Å². The van der Waals surface area contributed by atoms with Gasteiger partial charge in [0, 0.05) is 6.08 Å². The fraction of sp³-hybridized carbons (Fsp3) is 0. The predicted molar refractivity (Wildman–Crippen MR) is 60.8 cm³/mol. The van der Waals surface area contributed by atoms with Gasteiger partial charge in [0.25, 0.3) is 0 Å². The van der Waals surface area contributed by atoms with E-state index in [4.69, 9.17) is 5.11 Å². The van der Waals surface area contributed by atoms with E-state index in [-0.39, 0.29) is 37.0 Å². The average molecular weight is 214 g/mol. The Labute approximate surface area is 114 Å². The molecular formula is C12H15NaO2. The normalized spacial score (nSPS) is 6.67. The zero-order valence-corrected chi connectivity index (χ0v) is 11.3. The molecule has 1 aromatic rings. The molecule has 0 atom stereocenters. The van der Waals surface area contributed by atoms with Gasteiger partial charge in [-0.05, 0) is 5.56 Å². The number of carboxylic acid groups (broad SMARTS) is 1. The molecule has 1 rings (SSSR count). The number of aliphatic carboxylic acids is 1. The van der Waals surface area contributed by atoms with Gasteiger partial charge < -0.3 is 12.5 Å². The standard InChI is InChI=1S/C8H8.C3H4O2.CH3.Na/c1-2-8-6-4-3-5-7-8;1-2-3(4)5;;/h2-7H,1H2;2H,1H2,(H,4,5);1H3;/q;;-1;+1. The molecule has 0 aromatic heterocycles. The van der Waals surface area contributed by atoms with Crippen molar-refractivity contribution in [2.75, 3.05) is 0 Å². The zero-order chi connectivity index (χ0) is 10.1. The van der Waals surface area contributed by atoms with E-state index in [1.165, 1.54) is 5.56 Å². The molecule has 0 spiro atoms. The monoisotopic (exact) mass is 214 g/mol. The van der Waals surface area contributed by atoms with Crippen LogP contribution in [0.15, 0.2) is 49.6 Å². The molecule has 0 unspecified atom stereocenters. The second-order valence-corrected chi connectivity index (χ2v) is 2.16. The summed E-state index contributed by atoms with van der Waals surface area (Å²) in [7, 11) is 0. The molecule has 0 aliphatic heterocycles. The van der Waals surface area contributed by atoms with E-state index >= 15 is 0 Å². The Hall–Kier alpha value is -0.830. The fourth-order valence-corrected chi connectivity index (χ4v) is 0.589. The van der Waals surface area contributed by atoms with E-state index in [2.05, 4.69) is 13.2 Å². The van der Waals surface area contributed by atoms with Gasteiger partial charge in [-0.2, -0.15) is 0 Å². The Kier molecular flexibility index (Phi) is 17.3. The van der Waals surface area contributed by atoms with Gasteiger partial charge in [-0.3, -0.25) is 0 Å². The Morgan fingerprint density at radius 3 is 1.80 bits per heavy atom. The first-order valence-electron chi connectivity index (χ1n) is 3.73. The molecule has 0 amide bonds. The first-order valence-corrected chi connectivity index (χ1v) is 3.73. The summed E-state index contributed by atoms with van der Waals surface area (Å²) in [6, 6.07) is 10.0. The van der Waals surface area contributed by atoms with Crippen molar-refractivity contribution in [2.45, 2.75) is 0 Å². The summed E-state index contributed by atoms with van der Waals surface area (Å²) in [5, 5.41) is 7.60. The quantitative estimate of drug-likeness (QED) is 0.429. The van der Waals surface area contributed by atoms with Crippen LogP contribution >= 0.6 is 0 Å². The Balaban J connectivity index is -0.000000185. The minimum atomic E-state index is -0.981. The number of hydrogen-bond donors (Lipinski definition) is 1. The summed E-state index contributed by atoms with van der Waals surface area (Å²) in [5.41, 5.74) is 1.17. The van der Waals surface area contributed by atoms with E-state index in [9.17, 15) is 4.79 Å². The summed E-state index contributed by atoms with van der Waals surface area (Å²) in [6.07, 6.45) is 2.67. The Morgan fingerprint density at radius 2 is 1.60 bits per heavy atom. The van der Waals surface area contributed by atoms with Crippen molar-refractivity contribution >= 4 is 12.0 Å². The number of hydrogen-bond acceptors (Lipinski definition) is 1. The summed E-state index contributed by atoms with van der Waals surface area (Å²) in [5.74, 6) is -0.981. The van der Waals surface area contributed by atoms with Crippen LogP contribution < -0.4 is 29.6 Å². The van der Waals surface area contributed by atoms with Gasteiger partial charge in [-0.1, -0.05) is 49.6 Å². The van der Waals surface area contributed by atoms with Crippen molar-refractivity contribution in [3.05, 3.63) is 62.6 Å². The molecule has 2 nitrogen and oxygen atoms in total. The van der Waals surface area contributed by atoms with Gasteiger partial charge in [0.15, 0.2) is 0 Å². The summed E-state index contributed by atoms with van der Waals surface area (Å²) in [4.78, 5) is 9.25. The van der Waals surface area contributed by atoms with E-state index in [1.54, 1.807) is 0 Å². The number of rotatable bonds is 2. The maximum Gasteiger partial charge on any atom is 1.00 e. The predicted octanol–water partition coefficient (Wildman–Crippen LogP) is 0.0409. The largest absolute Gasteiger partial charge is 1.00 e. The van der Waals surface area contributed by atoms with Crippen molar-refractivity contribution < 1.29 is 39.5 Å². The molecule has 15 heavy (non-hydrogen) atoms. The van der Waals surface area contributed by atoms with Crippen LogP contribution in [-0.4, -0.2) is 11.1 Å². The first-order chi connectivity index (χ1) is 6.20. The molecule has 0 saturated heterocycles. The topological polar surface area (TPSA) is 37.3 Å². The van der Waals surface area contributed by atoms with Crippen LogP contribution in [0, 0.1) is 7.43 Å². The van der Waals surface area contributed by atoms with Crippen molar-refractivity contribution in [1.82, 2.24) is 0 Å². The fourth-order valence-electron chi connectivity index (χ4n) is 0.589. The molecule has 0 heterocycles. The Bertz CT molecular complexity index is 281. The van der Waals surface area contributed by atoms with Crippen LogP contribution in [0.25, 0.3) is 6.08 Å². The summed E-state index contributed by atoms with van der Waals surface area (Å²) >= 11 is 0. The van der Waals surface area contributed by atoms with Crippen LogP contribution in [-0.2, 0) is 4.79 Å². The van der Waals surface area contributed by atoms with E-state index in [0.29, 0.717) is 0 Å². The van der Waals surface area contributed by atoms with Gasteiger partial charge >= 0.3 is 35.5 Å². The summed E-state index contributed by atoms with van der Waals surface area (Å²) in [6.45, 7) is 6.59. The van der Waals surface area contributed by atoms with Crippen molar-refractivity contribution in [3.8, 4) is 0 Å². The number of carbonyl (C=O) groups is 1. The number of benzene rings is 1. The summed E-state index contributed by atoms with van der Waals surface area (Å²) < 4.78 is 0. The van der Waals surface area contributed by atoms with Crippen molar-refractivity contribution in [1.29, 1.82) is 0 Å². The Morgan fingerprint density at radius 1 is 1.20 bits per heavy atom. The SMILES string of the molecule is C=CC(=O)O.C=Cc1ccccc1.[CH3-].[Na+]. The first kappa shape index (κ1) is 19.7. The van der Waals surface area contributed by atoms with Crippen LogP contribution in [0.5, 0.6) is 0 Å². The zero-order valence-electron chi connectivity index (χ0n) is 9.31. The minimum absolute atomic E-state index is 0. The van der Waals surface area contributed by atoms with Crippen molar-refractivity contribution in [2.24, 2.45) is 0 Å². The van der Waals surface area contributed by atoms with Crippen LogP contribution in [0.2, 0.25) is 0 Å². The smallest absolute Gasteiger partial charge is 0.478 e. The van der Waals surface area contributed by atoms with Gasteiger partial charge in [-0.15, -0.1) is 0 Å². The maximum absolute atomic E-state index is 9.25. The molecule has 0 saturated carbocycles. The molecule has 1 N–H and O–H groups in total. The molecule has 0 aliphatic carbocycles. The van der Waals surface area contributed by atoms with E-state index in [1.807, 2.05) is 36.4 Å². The second-order valence-electron chi connectivity index (χ2n) is 2.16. The van der Waals surface area contributed by atoms with Gasteiger partial charge in [0.2, 0.25) is 0 Å². The van der Waals surface area contributed by atoms with Crippen LogP contribution in [0.3, 0.4) is 0 Å². The minimum Gasteiger partial charge on any atom is -0.478 e. The number of carboxylic acids is 1. The van der Waals surface area contributed by atoms with E-state index in [0.717, 1.165) is 6.08 Å². The third-order valence-electron chi connectivity index (χ3n) is 1.21. The molecule has 76 valence electrons. The van der Waals surface area contributed by atoms with Crippen molar-refractivity contribution in [3.63, 3.8) is 0 Å². The van der Waals surface area contributed by atoms with Gasteiger partial charge in [0.1, 0.15) is 0 Å². The van der Waals surface area contributed by atoms with Gasteiger partial charge in [-0.25, -0.2) is 4.79 Å². The third kappa shape index (κ3) is 13.2. The average Bonchev–Trinajstić information content (AvgIpc) is 2.20. The molecule has 3 heteroatoms. The molecule has 0 radical (unpaired) electrons. The third-order valence-corrected chi connectivity index (χ3v) is 1.21. The molecule has 0 aliphatic rings. The van der Waals surface area contributed by atoms with Crippen LogP contribution in [0.1, 0.15) is 5.56 Å².